The van der Waals surface area contributed by atoms with Crippen LogP contribution in [0.15, 0.2) is 5.03 Å². The molecule has 0 aromatic carbocycles. The Hall–Kier alpha value is -1.14. The molecule has 1 saturated heterocycles. The lowest BCUT2D eigenvalue weighted by Crippen LogP contribution is -2.46. The standard InChI is InChI=1S/C19H27N3OS2/c1-6-15-9-7-8-10-22(15)19(23)13(4)25-18-16-11(2)12(3)24-17(16)20-14(5)21-18/h13,15H,6-10H2,1-5H3. The summed E-state index contributed by atoms with van der Waals surface area (Å²) in [5.74, 6) is 1.03. The molecule has 2 atom stereocenters. The van der Waals surface area contributed by atoms with Gasteiger partial charge in [-0.3, -0.25) is 4.79 Å². The maximum atomic E-state index is 13.0. The Balaban J connectivity index is 1.86. The predicted molar refractivity (Wildman–Crippen MR) is 107 cm³/mol. The highest BCUT2D eigenvalue weighted by molar-refractivity contribution is 8.00. The van der Waals surface area contributed by atoms with Crippen molar-refractivity contribution in [2.75, 3.05) is 6.54 Å². The summed E-state index contributed by atoms with van der Waals surface area (Å²) in [4.78, 5) is 26.7. The zero-order chi connectivity index (χ0) is 18.1. The Labute approximate surface area is 158 Å². The lowest BCUT2D eigenvalue weighted by Gasteiger charge is -2.36. The molecule has 2 unspecified atom stereocenters. The van der Waals surface area contributed by atoms with E-state index in [0.717, 1.165) is 46.9 Å². The molecule has 1 amide bonds. The normalized spacial score (nSPS) is 19.4. The van der Waals surface area contributed by atoms with Crippen molar-refractivity contribution in [1.29, 1.82) is 0 Å². The Morgan fingerprint density at radius 2 is 2.08 bits per heavy atom. The van der Waals surface area contributed by atoms with Gasteiger partial charge in [0.05, 0.1) is 5.25 Å². The van der Waals surface area contributed by atoms with Crippen molar-refractivity contribution in [2.45, 2.75) is 76.6 Å². The third-order valence-corrected chi connectivity index (χ3v) is 7.30. The van der Waals surface area contributed by atoms with E-state index in [0.29, 0.717) is 6.04 Å². The second-order valence-corrected chi connectivity index (χ2v) is 9.42. The Kier molecular flexibility index (Phi) is 5.68. The van der Waals surface area contributed by atoms with Gasteiger partial charge >= 0.3 is 0 Å². The highest BCUT2D eigenvalue weighted by Crippen LogP contribution is 2.37. The van der Waals surface area contributed by atoms with Crippen molar-refractivity contribution in [2.24, 2.45) is 0 Å². The van der Waals surface area contributed by atoms with E-state index < -0.39 is 0 Å². The molecule has 1 fully saturated rings. The molecular formula is C19H27N3OS2. The van der Waals surface area contributed by atoms with Gasteiger partial charge in [-0.05, 0) is 58.9 Å². The van der Waals surface area contributed by atoms with Crippen molar-refractivity contribution in [3.05, 3.63) is 16.3 Å². The molecule has 0 bridgehead atoms. The number of aromatic nitrogens is 2. The zero-order valence-corrected chi connectivity index (χ0v) is 17.4. The van der Waals surface area contributed by atoms with E-state index in [1.54, 1.807) is 23.1 Å². The first-order chi connectivity index (χ1) is 11.9. The smallest absolute Gasteiger partial charge is 0.236 e. The molecule has 0 saturated carbocycles. The van der Waals surface area contributed by atoms with Crippen molar-refractivity contribution in [3.63, 3.8) is 0 Å². The van der Waals surface area contributed by atoms with Crippen LogP contribution in [-0.2, 0) is 4.79 Å². The van der Waals surface area contributed by atoms with Crippen LogP contribution in [0.4, 0.5) is 0 Å². The Morgan fingerprint density at radius 3 is 2.80 bits per heavy atom. The second-order valence-electron chi connectivity index (χ2n) is 6.89. The SMILES string of the molecule is CCC1CCCCN1C(=O)C(C)Sc1nc(C)nc2sc(C)c(C)c12. The van der Waals surface area contributed by atoms with E-state index in [4.69, 9.17) is 0 Å². The number of likely N-dealkylation sites (tertiary alicyclic amines) is 1. The number of rotatable bonds is 4. The van der Waals surface area contributed by atoms with Gasteiger partial charge in [0.2, 0.25) is 5.91 Å². The number of carbonyl (C=O) groups is 1. The summed E-state index contributed by atoms with van der Waals surface area (Å²) in [6.45, 7) is 11.3. The lowest BCUT2D eigenvalue weighted by molar-refractivity contribution is -0.134. The quantitative estimate of drug-likeness (QED) is 0.562. The van der Waals surface area contributed by atoms with Gasteiger partial charge in [0.15, 0.2) is 0 Å². The van der Waals surface area contributed by atoms with Crippen molar-refractivity contribution >= 4 is 39.2 Å². The number of hydrogen-bond acceptors (Lipinski definition) is 5. The molecule has 3 rings (SSSR count). The number of aryl methyl sites for hydroxylation is 3. The lowest BCUT2D eigenvalue weighted by atomic mass is 10.00. The fraction of sp³-hybridized carbons (Fsp3) is 0.632. The first kappa shape index (κ1) is 18.6. The molecule has 4 nitrogen and oxygen atoms in total. The van der Waals surface area contributed by atoms with Gasteiger partial charge in [0.1, 0.15) is 15.7 Å². The highest BCUT2D eigenvalue weighted by atomic mass is 32.2. The van der Waals surface area contributed by atoms with E-state index in [1.165, 1.54) is 16.9 Å². The molecular weight excluding hydrogens is 350 g/mol. The molecule has 136 valence electrons. The molecule has 6 heteroatoms. The van der Waals surface area contributed by atoms with Crippen LogP contribution in [0.3, 0.4) is 0 Å². The van der Waals surface area contributed by atoms with Gasteiger partial charge in [-0.2, -0.15) is 0 Å². The summed E-state index contributed by atoms with van der Waals surface area (Å²) >= 11 is 3.31. The fourth-order valence-electron chi connectivity index (χ4n) is 3.57. The fourth-order valence-corrected chi connectivity index (χ4v) is 5.83. The number of thiophene rings is 1. The molecule has 0 radical (unpaired) electrons. The monoisotopic (exact) mass is 377 g/mol. The topological polar surface area (TPSA) is 46.1 Å². The van der Waals surface area contributed by atoms with Gasteiger partial charge in [-0.25, -0.2) is 9.97 Å². The van der Waals surface area contributed by atoms with Gasteiger partial charge in [0, 0.05) is 22.8 Å². The number of thioether (sulfide) groups is 1. The number of carbonyl (C=O) groups excluding carboxylic acids is 1. The van der Waals surface area contributed by atoms with Gasteiger partial charge < -0.3 is 4.90 Å². The largest absolute Gasteiger partial charge is 0.339 e. The molecule has 0 aliphatic carbocycles. The van der Waals surface area contributed by atoms with Gasteiger partial charge in [0.25, 0.3) is 0 Å². The summed E-state index contributed by atoms with van der Waals surface area (Å²) in [6, 6.07) is 0.404. The first-order valence-corrected chi connectivity index (χ1v) is 10.8. The number of hydrogen-bond donors (Lipinski definition) is 0. The van der Waals surface area contributed by atoms with E-state index in [1.807, 2.05) is 13.8 Å². The van der Waals surface area contributed by atoms with E-state index >= 15 is 0 Å². The Morgan fingerprint density at radius 1 is 1.32 bits per heavy atom. The molecule has 2 aromatic heterocycles. The molecule has 1 aliphatic rings. The average molecular weight is 378 g/mol. The van der Waals surface area contributed by atoms with Crippen LogP contribution >= 0.6 is 23.1 Å². The van der Waals surface area contributed by atoms with Crippen LogP contribution < -0.4 is 0 Å². The maximum absolute atomic E-state index is 13.0. The minimum Gasteiger partial charge on any atom is -0.339 e. The summed E-state index contributed by atoms with van der Waals surface area (Å²) in [6.07, 6.45) is 4.55. The minimum atomic E-state index is -0.121. The van der Waals surface area contributed by atoms with Crippen LogP contribution in [0, 0.1) is 20.8 Å². The van der Waals surface area contributed by atoms with Crippen LogP contribution in [0.2, 0.25) is 0 Å². The predicted octanol–water partition coefficient (Wildman–Crippen LogP) is 4.89. The molecule has 25 heavy (non-hydrogen) atoms. The summed E-state index contributed by atoms with van der Waals surface area (Å²) in [7, 11) is 0. The van der Waals surface area contributed by atoms with Crippen LogP contribution in [0.1, 0.15) is 55.8 Å². The number of amides is 1. The van der Waals surface area contributed by atoms with E-state index in [2.05, 4.69) is 35.6 Å². The third kappa shape index (κ3) is 3.70. The average Bonchev–Trinajstić information content (AvgIpc) is 2.88. The van der Waals surface area contributed by atoms with Gasteiger partial charge in [-0.1, -0.05) is 18.7 Å². The van der Waals surface area contributed by atoms with Crippen molar-refractivity contribution in [1.82, 2.24) is 14.9 Å². The maximum Gasteiger partial charge on any atom is 0.236 e. The Bertz CT molecular complexity index is 787. The van der Waals surface area contributed by atoms with Crippen LogP contribution in [0.5, 0.6) is 0 Å². The summed E-state index contributed by atoms with van der Waals surface area (Å²) < 4.78 is 0. The molecule has 2 aromatic rings. The third-order valence-electron chi connectivity index (χ3n) is 5.12. The number of nitrogens with zero attached hydrogens (tertiary/aromatic N) is 3. The molecule has 3 heterocycles. The number of fused-ring (bicyclic) bond motifs is 1. The van der Waals surface area contributed by atoms with Crippen LogP contribution in [-0.4, -0.2) is 38.6 Å². The van der Waals surface area contributed by atoms with Crippen LogP contribution in [0.25, 0.3) is 10.2 Å². The summed E-state index contributed by atoms with van der Waals surface area (Å²) in [5, 5.41) is 1.96. The zero-order valence-electron chi connectivity index (χ0n) is 15.8. The van der Waals surface area contributed by atoms with E-state index in [-0.39, 0.29) is 11.2 Å². The minimum absolute atomic E-state index is 0.121. The van der Waals surface area contributed by atoms with E-state index in [9.17, 15) is 4.79 Å². The molecule has 0 spiro atoms. The molecule has 1 aliphatic heterocycles. The number of piperidine rings is 1. The molecule has 0 N–H and O–H groups in total. The van der Waals surface area contributed by atoms with Crippen molar-refractivity contribution < 1.29 is 4.79 Å². The van der Waals surface area contributed by atoms with Crippen molar-refractivity contribution in [3.8, 4) is 0 Å². The second kappa shape index (κ2) is 7.62. The highest BCUT2D eigenvalue weighted by Gasteiger charge is 2.30. The summed E-state index contributed by atoms with van der Waals surface area (Å²) in [5.41, 5.74) is 1.24. The first-order valence-electron chi connectivity index (χ1n) is 9.13. The van der Waals surface area contributed by atoms with Gasteiger partial charge in [-0.15, -0.1) is 11.3 Å².